The monoisotopic (exact) mass is 606 g/mol. The lowest BCUT2D eigenvalue weighted by Crippen LogP contribution is -2.22. The van der Waals surface area contributed by atoms with Gasteiger partial charge >= 0.3 is 5.97 Å². The molecule has 2 N–H and O–H groups in total. The number of hydrogen-bond donors (Lipinski definition) is 2. The molecule has 7 nitrogen and oxygen atoms in total. The maximum Gasteiger partial charge on any atom is 0.336 e. The average molecular weight is 607 g/mol. The summed E-state index contributed by atoms with van der Waals surface area (Å²) in [5.74, 6) is -1.27. The Hall–Kier alpha value is -5.78. The van der Waals surface area contributed by atoms with Gasteiger partial charge in [-0.25, -0.2) is 14.8 Å². The molecule has 8 heteroatoms. The van der Waals surface area contributed by atoms with E-state index in [2.05, 4.69) is 16.4 Å². The molecule has 2 heterocycles. The van der Waals surface area contributed by atoms with Crippen LogP contribution in [0.25, 0.3) is 44.5 Å². The summed E-state index contributed by atoms with van der Waals surface area (Å²) in [5.41, 5.74) is 6.28. The number of anilines is 1. The minimum atomic E-state index is -1.02. The number of carbonyl (C=O) groups is 2. The number of fused-ring (bicyclic) bond motifs is 1. The summed E-state index contributed by atoms with van der Waals surface area (Å²) in [6, 6.07) is 39.4. The van der Waals surface area contributed by atoms with Crippen molar-refractivity contribution in [1.82, 2.24) is 9.97 Å². The second-order valence-electron chi connectivity index (χ2n) is 10.3. The van der Waals surface area contributed by atoms with E-state index in [0.29, 0.717) is 38.6 Å². The van der Waals surface area contributed by atoms with Gasteiger partial charge in [-0.1, -0.05) is 103 Å². The largest absolute Gasteiger partial charge is 0.478 e. The third-order valence-corrected chi connectivity index (χ3v) is 8.39. The maximum absolute atomic E-state index is 13.3. The molecule has 0 fully saturated rings. The van der Waals surface area contributed by atoms with E-state index < -0.39 is 11.2 Å². The molecule has 218 valence electrons. The SMILES string of the molecule is CC(Sc1nc(-c2ccccc2)cc(-c2ccccc2)c1C#N)C(=O)Nc1ccc(-c2cc(C(=O)O)c3ccccc3n2)cc1. The van der Waals surface area contributed by atoms with Gasteiger partial charge < -0.3 is 10.4 Å². The van der Waals surface area contributed by atoms with Crippen LogP contribution in [-0.2, 0) is 4.79 Å². The zero-order chi connectivity index (χ0) is 31.3. The minimum absolute atomic E-state index is 0.177. The standard InChI is InChI=1S/C37H26N4O3S/c1-23(45-36-31(22-38)29(24-10-4-2-5-11-24)20-34(41-36)25-12-6-3-7-13-25)35(42)39-27-18-16-26(17-19-27)33-21-30(37(43)44)28-14-8-9-15-32(28)40-33/h2-21,23H,1H3,(H,39,42)(H,43,44). The van der Waals surface area contributed by atoms with Crippen molar-refractivity contribution in [1.29, 1.82) is 5.26 Å². The Balaban J connectivity index is 1.25. The third kappa shape index (κ3) is 6.30. The molecular formula is C37H26N4O3S. The second-order valence-corrected chi connectivity index (χ2v) is 11.6. The van der Waals surface area contributed by atoms with Crippen LogP contribution in [0.1, 0.15) is 22.8 Å². The fourth-order valence-corrected chi connectivity index (χ4v) is 5.93. The number of hydrogen-bond acceptors (Lipinski definition) is 6. The maximum atomic E-state index is 13.3. The third-order valence-electron chi connectivity index (χ3n) is 7.30. The van der Waals surface area contributed by atoms with Gasteiger partial charge in [-0.3, -0.25) is 4.79 Å². The number of aromatic nitrogens is 2. The Labute approximate surface area is 264 Å². The number of para-hydroxylation sites is 1. The van der Waals surface area contributed by atoms with Crippen LogP contribution in [0.5, 0.6) is 0 Å². The van der Waals surface area contributed by atoms with Crippen molar-refractivity contribution in [2.24, 2.45) is 0 Å². The lowest BCUT2D eigenvalue weighted by atomic mass is 9.99. The summed E-state index contributed by atoms with van der Waals surface area (Å²) in [6.45, 7) is 1.78. The Morgan fingerprint density at radius 1 is 0.778 bits per heavy atom. The second kappa shape index (κ2) is 12.8. The minimum Gasteiger partial charge on any atom is -0.478 e. The van der Waals surface area contributed by atoms with E-state index in [9.17, 15) is 20.0 Å². The molecule has 0 aliphatic carbocycles. The van der Waals surface area contributed by atoms with Gasteiger partial charge in [0.2, 0.25) is 5.91 Å². The molecule has 1 unspecified atom stereocenters. The Kier molecular flexibility index (Phi) is 8.36. The number of pyridine rings is 2. The predicted octanol–water partition coefficient (Wildman–Crippen LogP) is 8.32. The summed E-state index contributed by atoms with van der Waals surface area (Å²) < 4.78 is 0. The van der Waals surface area contributed by atoms with Gasteiger partial charge in [0.1, 0.15) is 11.1 Å². The van der Waals surface area contributed by atoms with Crippen molar-refractivity contribution in [3.8, 4) is 39.7 Å². The Morgan fingerprint density at radius 3 is 2.04 bits per heavy atom. The number of nitrogens with one attached hydrogen (secondary N) is 1. The lowest BCUT2D eigenvalue weighted by Gasteiger charge is -2.16. The summed E-state index contributed by atoms with van der Waals surface area (Å²) >= 11 is 1.23. The van der Waals surface area contributed by atoms with Gasteiger partial charge in [0, 0.05) is 27.8 Å². The molecule has 0 aliphatic heterocycles. The van der Waals surface area contributed by atoms with Crippen LogP contribution in [0.15, 0.2) is 126 Å². The number of carboxylic acid groups (broad SMARTS) is 1. The van der Waals surface area contributed by atoms with Crippen molar-refractivity contribution in [2.45, 2.75) is 17.2 Å². The molecule has 1 atom stereocenters. The fourth-order valence-electron chi connectivity index (χ4n) is 5.01. The molecule has 4 aromatic carbocycles. The van der Waals surface area contributed by atoms with Crippen LogP contribution in [0.4, 0.5) is 5.69 Å². The Bertz CT molecular complexity index is 2080. The van der Waals surface area contributed by atoms with Crippen molar-refractivity contribution < 1.29 is 14.7 Å². The first-order valence-electron chi connectivity index (χ1n) is 14.2. The number of nitrogens with zero attached hydrogens (tertiary/aromatic N) is 3. The molecule has 0 spiro atoms. The summed E-state index contributed by atoms with van der Waals surface area (Å²) in [5, 5.41) is 23.4. The molecule has 0 bridgehead atoms. The van der Waals surface area contributed by atoms with Crippen LogP contribution in [0.2, 0.25) is 0 Å². The van der Waals surface area contributed by atoms with Gasteiger partial charge in [-0.15, -0.1) is 0 Å². The van der Waals surface area contributed by atoms with Crippen LogP contribution in [-0.4, -0.2) is 32.2 Å². The molecule has 45 heavy (non-hydrogen) atoms. The number of benzene rings is 4. The van der Waals surface area contributed by atoms with E-state index in [1.54, 1.807) is 55.5 Å². The first kappa shape index (κ1) is 29.3. The Morgan fingerprint density at radius 2 is 1.38 bits per heavy atom. The van der Waals surface area contributed by atoms with Gasteiger partial charge in [0.15, 0.2) is 0 Å². The quantitative estimate of drug-likeness (QED) is 0.167. The van der Waals surface area contributed by atoms with Gasteiger partial charge in [-0.2, -0.15) is 5.26 Å². The topological polar surface area (TPSA) is 116 Å². The molecule has 2 aromatic heterocycles. The molecule has 0 saturated carbocycles. The van der Waals surface area contributed by atoms with E-state index in [0.717, 1.165) is 22.3 Å². The summed E-state index contributed by atoms with van der Waals surface area (Å²) in [4.78, 5) is 34.7. The molecular weight excluding hydrogens is 580 g/mol. The van der Waals surface area contributed by atoms with Crippen LogP contribution in [0, 0.1) is 11.3 Å². The highest BCUT2D eigenvalue weighted by Crippen LogP contribution is 2.36. The zero-order valence-corrected chi connectivity index (χ0v) is 25.0. The number of carboxylic acids is 1. The average Bonchev–Trinajstić information content (AvgIpc) is 3.08. The van der Waals surface area contributed by atoms with E-state index in [4.69, 9.17) is 4.98 Å². The first-order chi connectivity index (χ1) is 21.9. The molecule has 6 aromatic rings. The van der Waals surface area contributed by atoms with E-state index >= 15 is 0 Å². The highest BCUT2D eigenvalue weighted by molar-refractivity contribution is 8.00. The van der Waals surface area contributed by atoms with Crippen LogP contribution >= 0.6 is 11.8 Å². The van der Waals surface area contributed by atoms with Crippen LogP contribution in [0.3, 0.4) is 0 Å². The predicted molar refractivity (Wildman–Crippen MR) is 178 cm³/mol. The van der Waals surface area contributed by atoms with Crippen molar-refractivity contribution in [3.63, 3.8) is 0 Å². The normalized spacial score (nSPS) is 11.5. The molecule has 0 saturated heterocycles. The van der Waals surface area contributed by atoms with Gasteiger partial charge in [-0.05, 0) is 42.8 Å². The van der Waals surface area contributed by atoms with Crippen molar-refractivity contribution in [2.75, 3.05) is 5.32 Å². The lowest BCUT2D eigenvalue weighted by molar-refractivity contribution is -0.115. The molecule has 0 aliphatic rings. The number of nitriles is 1. The highest BCUT2D eigenvalue weighted by atomic mass is 32.2. The number of carbonyl (C=O) groups excluding carboxylic acids is 1. The number of rotatable bonds is 8. The summed E-state index contributed by atoms with van der Waals surface area (Å²) in [7, 11) is 0. The van der Waals surface area contributed by atoms with Gasteiger partial charge in [0.25, 0.3) is 0 Å². The smallest absolute Gasteiger partial charge is 0.336 e. The number of thioether (sulfide) groups is 1. The highest BCUT2D eigenvalue weighted by Gasteiger charge is 2.22. The number of aromatic carboxylic acids is 1. The van der Waals surface area contributed by atoms with Crippen LogP contribution < -0.4 is 5.32 Å². The first-order valence-corrected chi connectivity index (χ1v) is 15.1. The van der Waals surface area contributed by atoms with Crippen molar-refractivity contribution >= 4 is 40.2 Å². The molecule has 6 rings (SSSR count). The summed E-state index contributed by atoms with van der Waals surface area (Å²) in [6.07, 6.45) is 0. The molecule has 0 radical (unpaired) electrons. The zero-order valence-electron chi connectivity index (χ0n) is 24.1. The number of amides is 1. The van der Waals surface area contributed by atoms with Gasteiger partial charge in [0.05, 0.1) is 33.3 Å². The van der Waals surface area contributed by atoms with Crippen molar-refractivity contribution in [3.05, 3.63) is 132 Å². The fraction of sp³-hybridized carbons (Fsp3) is 0.0541. The van der Waals surface area contributed by atoms with E-state index in [1.165, 1.54) is 11.8 Å². The van der Waals surface area contributed by atoms with E-state index in [1.807, 2.05) is 72.8 Å². The van der Waals surface area contributed by atoms with E-state index in [-0.39, 0.29) is 11.5 Å². The molecule has 1 amide bonds.